The minimum absolute atomic E-state index is 0.257. The molecule has 1 heterocycles. The largest absolute Gasteiger partial charge is 0.496 e. The maximum Gasteiger partial charge on any atom is 0.248 e. The average molecular weight is 472 g/mol. The fraction of sp³-hybridized carbons (Fsp3) is 0.207. The number of carbonyl (C=O) groups is 1. The summed E-state index contributed by atoms with van der Waals surface area (Å²) in [6, 6.07) is 17.4. The number of methoxy groups -OCH3 is 2. The minimum atomic E-state index is -0.257. The molecule has 4 aromatic rings. The molecule has 0 spiro atoms. The molecule has 35 heavy (non-hydrogen) atoms. The van der Waals surface area contributed by atoms with Gasteiger partial charge in [-0.1, -0.05) is 18.2 Å². The van der Waals surface area contributed by atoms with Crippen LogP contribution in [0.1, 0.15) is 25.0 Å². The summed E-state index contributed by atoms with van der Waals surface area (Å²) in [6.07, 6.45) is 3.29. The first-order chi connectivity index (χ1) is 16.9. The fourth-order valence-corrected chi connectivity index (χ4v) is 4.02. The highest BCUT2D eigenvalue weighted by atomic mass is 16.5. The molecule has 3 aromatic carbocycles. The van der Waals surface area contributed by atoms with Crippen LogP contribution >= 0.6 is 0 Å². The number of ether oxygens (including phenoxy) is 3. The summed E-state index contributed by atoms with van der Waals surface area (Å²) in [5, 5.41) is 3.84. The van der Waals surface area contributed by atoms with Gasteiger partial charge in [-0.05, 0) is 67.8 Å². The fourth-order valence-electron chi connectivity index (χ4n) is 4.02. The lowest BCUT2D eigenvalue weighted by atomic mass is 9.99. The zero-order valence-electron chi connectivity index (χ0n) is 20.6. The standard InChI is InChI=1S/C29H29NO5/c1-6-34-21-10-8-20(9-11-21)24-17-35-28-16-27(33-5)22(15-23(24)28)19(3)14-29(31)30-25-13-18(2)7-12-26(25)32-4/h7-17H,6H2,1-5H3,(H,30,31)/b19-14+. The monoisotopic (exact) mass is 471 g/mol. The molecule has 0 saturated carbocycles. The molecule has 180 valence electrons. The lowest BCUT2D eigenvalue weighted by Crippen LogP contribution is -2.10. The van der Waals surface area contributed by atoms with Crippen LogP contribution in [-0.2, 0) is 4.79 Å². The van der Waals surface area contributed by atoms with Crippen LogP contribution in [0.3, 0.4) is 0 Å². The molecule has 0 unspecified atom stereocenters. The van der Waals surface area contributed by atoms with Gasteiger partial charge in [-0.15, -0.1) is 0 Å². The molecular formula is C29H29NO5. The van der Waals surface area contributed by atoms with Crippen LogP contribution in [-0.4, -0.2) is 26.7 Å². The van der Waals surface area contributed by atoms with Gasteiger partial charge < -0.3 is 23.9 Å². The zero-order chi connectivity index (χ0) is 24.9. The van der Waals surface area contributed by atoms with Gasteiger partial charge in [0.15, 0.2) is 0 Å². The molecular weight excluding hydrogens is 442 g/mol. The molecule has 4 rings (SSSR count). The maximum absolute atomic E-state index is 12.8. The van der Waals surface area contributed by atoms with E-state index >= 15 is 0 Å². The van der Waals surface area contributed by atoms with Gasteiger partial charge in [0.1, 0.15) is 22.8 Å². The third-order valence-electron chi connectivity index (χ3n) is 5.76. The lowest BCUT2D eigenvalue weighted by molar-refractivity contribution is -0.111. The van der Waals surface area contributed by atoms with Crippen LogP contribution in [0.2, 0.25) is 0 Å². The number of allylic oxidation sites excluding steroid dienone is 1. The van der Waals surface area contributed by atoms with Crippen molar-refractivity contribution in [3.63, 3.8) is 0 Å². The lowest BCUT2D eigenvalue weighted by Gasteiger charge is -2.12. The average Bonchev–Trinajstić information content (AvgIpc) is 3.27. The Balaban J connectivity index is 1.68. The Bertz CT molecular complexity index is 1380. The van der Waals surface area contributed by atoms with Gasteiger partial charge in [0.2, 0.25) is 5.91 Å². The van der Waals surface area contributed by atoms with Crippen LogP contribution in [0.4, 0.5) is 5.69 Å². The number of fused-ring (bicyclic) bond motifs is 1. The predicted octanol–water partition coefficient (Wildman–Crippen LogP) is 6.87. The van der Waals surface area contributed by atoms with Gasteiger partial charge >= 0.3 is 0 Å². The number of hydrogen-bond donors (Lipinski definition) is 1. The third-order valence-corrected chi connectivity index (χ3v) is 5.76. The first kappa shape index (κ1) is 24.0. The molecule has 6 nitrogen and oxygen atoms in total. The van der Waals surface area contributed by atoms with Crippen LogP contribution in [0.25, 0.3) is 27.7 Å². The molecule has 0 aliphatic rings. The van der Waals surface area contributed by atoms with E-state index in [2.05, 4.69) is 5.32 Å². The van der Waals surface area contributed by atoms with Crippen molar-refractivity contribution in [2.45, 2.75) is 20.8 Å². The van der Waals surface area contributed by atoms with E-state index < -0.39 is 0 Å². The Morgan fingerprint density at radius 3 is 2.43 bits per heavy atom. The Labute approximate surface area is 205 Å². The number of aryl methyl sites for hydroxylation is 1. The second-order valence-corrected chi connectivity index (χ2v) is 8.18. The van der Waals surface area contributed by atoms with E-state index in [0.717, 1.165) is 39.0 Å². The van der Waals surface area contributed by atoms with Crippen LogP contribution < -0.4 is 19.5 Å². The third kappa shape index (κ3) is 5.17. The molecule has 0 aliphatic heterocycles. The highest BCUT2D eigenvalue weighted by Gasteiger charge is 2.15. The molecule has 0 aliphatic carbocycles. The van der Waals surface area contributed by atoms with Crippen molar-refractivity contribution in [1.82, 2.24) is 0 Å². The molecule has 6 heteroatoms. The SMILES string of the molecule is CCOc1ccc(-c2coc3cc(OC)c(/C(C)=C/C(=O)Nc4cc(C)ccc4OC)cc23)cc1. The van der Waals surface area contributed by atoms with E-state index in [0.29, 0.717) is 29.4 Å². The minimum Gasteiger partial charge on any atom is -0.496 e. The number of amides is 1. The summed E-state index contributed by atoms with van der Waals surface area (Å²) in [7, 11) is 3.18. The zero-order valence-corrected chi connectivity index (χ0v) is 20.6. The Morgan fingerprint density at radius 1 is 1.00 bits per heavy atom. The van der Waals surface area contributed by atoms with Crippen molar-refractivity contribution in [2.75, 3.05) is 26.1 Å². The van der Waals surface area contributed by atoms with E-state index in [4.69, 9.17) is 18.6 Å². The van der Waals surface area contributed by atoms with Crippen molar-refractivity contribution < 1.29 is 23.4 Å². The summed E-state index contributed by atoms with van der Waals surface area (Å²) >= 11 is 0. The summed E-state index contributed by atoms with van der Waals surface area (Å²) in [6.45, 7) is 6.42. The molecule has 0 bridgehead atoms. The molecule has 1 N–H and O–H groups in total. The molecule has 0 saturated heterocycles. The van der Waals surface area contributed by atoms with Crippen LogP contribution in [0.5, 0.6) is 17.2 Å². The number of rotatable bonds is 8. The number of hydrogen-bond acceptors (Lipinski definition) is 5. The van der Waals surface area contributed by atoms with Gasteiger partial charge in [0.25, 0.3) is 0 Å². The van der Waals surface area contributed by atoms with E-state index in [1.165, 1.54) is 0 Å². The summed E-state index contributed by atoms with van der Waals surface area (Å²) in [4.78, 5) is 12.8. The van der Waals surface area contributed by atoms with Gasteiger partial charge in [-0.2, -0.15) is 0 Å². The van der Waals surface area contributed by atoms with E-state index in [9.17, 15) is 4.79 Å². The first-order valence-electron chi connectivity index (χ1n) is 11.4. The highest BCUT2D eigenvalue weighted by molar-refractivity contribution is 6.06. The quantitative estimate of drug-likeness (QED) is 0.284. The number of carbonyl (C=O) groups excluding carboxylic acids is 1. The molecule has 0 radical (unpaired) electrons. The summed E-state index contributed by atoms with van der Waals surface area (Å²) in [5.74, 6) is 1.79. The van der Waals surface area contributed by atoms with Crippen LogP contribution in [0, 0.1) is 6.92 Å². The van der Waals surface area contributed by atoms with Crippen molar-refractivity contribution in [3.8, 4) is 28.4 Å². The summed E-state index contributed by atoms with van der Waals surface area (Å²) in [5.41, 5.74) is 5.87. The topological polar surface area (TPSA) is 69.9 Å². The van der Waals surface area contributed by atoms with Crippen molar-refractivity contribution in [1.29, 1.82) is 0 Å². The molecule has 0 atom stereocenters. The van der Waals surface area contributed by atoms with E-state index in [1.54, 1.807) is 26.6 Å². The highest BCUT2D eigenvalue weighted by Crippen LogP contribution is 2.38. The molecule has 1 amide bonds. The smallest absolute Gasteiger partial charge is 0.248 e. The van der Waals surface area contributed by atoms with Crippen LogP contribution in [0.15, 0.2) is 71.4 Å². The number of nitrogens with one attached hydrogen (secondary N) is 1. The number of furan rings is 1. The van der Waals surface area contributed by atoms with Gasteiger partial charge in [0, 0.05) is 28.7 Å². The maximum atomic E-state index is 12.8. The second-order valence-electron chi connectivity index (χ2n) is 8.18. The van der Waals surface area contributed by atoms with E-state index in [-0.39, 0.29) is 5.91 Å². The summed E-state index contributed by atoms with van der Waals surface area (Å²) < 4.78 is 22.4. The number of benzene rings is 3. The normalized spacial score (nSPS) is 11.4. The van der Waals surface area contributed by atoms with Gasteiger partial charge in [-0.3, -0.25) is 4.79 Å². The Hall–Kier alpha value is -4.19. The van der Waals surface area contributed by atoms with Crippen molar-refractivity contribution >= 4 is 28.1 Å². The predicted molar refractivity (Wildman–Crippen MR) is 139 cm³/mol. The van der Waals surface area contributed by atoms with Gasteiger partial charge in [0.05, 0.1) is 32.8 Å². The molecule has 0 fully saturated rings. The Kier molecular flexibility index (Phi) is 7.11. The molecule has 1 aromatic heterocycles. The van der Waals surface area contributed by atoms with E-state index in [1.807, 2.05) is 75.4 Å². The number of anilines is 1. The van der Waals surface area contributed by atoms with Gasteiger partial charge in [-0.25, -0.2) is 0 Å². The Morgan fingerprint density at radius 2 is 1.74 bits per heavy atom. The first-order valence-corrected chi connectivity index (χ1v) is 11.4. The van der Waals surface area contributed by atoms with Crippen molar-refractivity contribution in [2.24, 2.45) is 0 Å². The van der Waals surface area contributed by atoms with Crippen molar-refractivity contribution in [3.05, 3.63) is 78.1 Å². The second kappa shape index (κ2) is 10.4.